The van der Waals surface area contributed by atoms with Crippen molar-refractivity contribution in [1.82, 2.24) is 0 Å². The quantitative estimate of drug-likeness (QED) is 0.382. The van der Waals surface area contributed by atoms with Gasteiger partial charge in [0.05, 0.1) is 6.61 Å². The summed E-state index contributed by atoms with van der Waals surface area (Å²) in [5.41, 5.74) is 0.961. The summed E-state index contributed by atoms with van der Waals surface area (Å²) in [5, 5.41) is 2.40. The lowest BCUT2D eigenvalue weighted by molar-refractivity contribution is -0.145. The maximum atomic E-state index is 7.09. The van der Waals surface area contributed by atoms with Crippen LogP contribution in [0.4, 0.5) is 0 Å². The van der Waals surface area contributed by atoms with Crippen LogP contribution in [0.15, 0.2) is 91.0 Å². The Hall–Kier alpha value is -2.68. The number of ether oxygens (including phenoxy) is 2. The molecule has 0 spiro atoms. The van der Waals surface area contributed by atoms with Crippen LogP contribution in [-0.4, -0.2) is 32.9 Å². The van der Waals surface area contributed by atoms with Crippen molar-refractivity contribution in [2.45, 2.75) is 57.7 Å². The van der Waals surface area contributed by atoms with Gasteiger partial charge in [0.1, 0.15) is 12.2 Å². The van der Waals surface area contributed by atoms with Gasteiger partial charge in [-0.1, -0.05) is 111 Å². The topological polar surface area (TPSA) is 27.7 Å². The van der Waals surface area contributed by atoms with E-state index in [0.717, 1.165) is 5.56 Å². The van der Waals surface area contributed by atoms with E-state index in [-0.39, 0.29) is 17.2 Å². The van der Waals surface area contributed by atoms with E-state index in [1.165, 1.54) is 10.4 Å². The maximum Gasteiger partial charge on any atom is 0.261 e. The zero-order valence-electron chi connectivity index (χ0n) is 20.7. The lowest BCUT2D eigenvalue weighted by atomic mass is 10.2. The molecule has 1 aliphatic rings. The molecule has 0 radical (unpaired) electrons. The van der Waals surface area contributed by atoms with Crippen LogP contribution in [0.5, 0.6) is 0 Å². The lowest BCUT2D eigenvalue weighted by Crippen LogP contribution is -2.67. The highest BCUT2D eigenvalue weighted by atomic mass is 28.4. The Morgan fingerprint density at radius 1 is 0.794 bits per heavy atom. The molecule has 34 heavy (non-hydrogen) atoms. The van der Waals surface area contributed by atoms with Gasteiger partial charge in [-0.05, 0) is 41.4 Å². The molecule has 1 saturated heterocycles. The highest BCUT2D eigenvalue weighted by Gasteiger charge is 2.51. The average molecular weight is 471 g/mol. The third kappa shape index (κ3) is 5.19. The molecule has 3 aromatic carbocycles. The Kier molecular flexibility index (Phi) is 7.11. The van der Waals surface area contributed by atoms with Crippen molar-refractivity contribution in [2.24, 2.45) is 0 Å². The van der Waals surface area contributed by atoms with Crippen LogP contribution in [0.2, 0.25) is 5.04 Å². The molecule has 1 aliphatic heterocycles. The standard InChI is InChI=1S/C30H34O3Si/c1-29(2,3)34(25-17-11-7-12-18-25,26-19-13-8-14-20-26)31-23-28-27(32-30(4,5)33-28)22-21-24-15-9-6-10-16-24/h6-20,27-28H,23H2,1-5H3/t27-,28-/m0/s1. The molecule has 1 fully saturated rings. The SMILES string of the molecule is CC1(C)O[C@@H](C#Cc2ccccc2)[C@H](CO[Si](c2ccccc2)(c2ccccc2)C(C)(C)C)O1. The third-order valence-electron chi connectivity index (χ3n) is 6.20. The minimum atomic E-state index is -2.66. The van der Waals surface area contributed by atoms with Gasteiger partial charge in [-0.2, -0.15) is 0 Å². The number of hydrogen-bond acceptors (Lipinski definition) is 3. The molecule has 3 aromatic rings. The van der Waals surface area contributed by atoms with Crippen molar-refractivity contribution in [3.05, 3.63) is 96.6 Å². The zero-order chi connectivity index (χ0) is 24.2. The first-order chi connectivity index (χ1) is 16.2. The summed E-state index contributed by atoms with van der Waals surface area (Å²) in [4.78, 5) is 0. The molecule has 0 aromatic heterocycles. The Morgan fingerprint density at radius 3 is 1.79 bits per heavy atom. The minimum Gasteiger partial charge on any atom is -0.405 e. The van der Waals surface area contributed by atoms with Crippen LogP contribution in [0, 0.1) is 11.8 Å². The Balaban J connectivity index is 1.69. The van der Waals surface area contributed by atoms with Crippen molar-refractivity contribution in [2.75, 3.05) is 6.61 Å². The molecule has 176 valence electrons. The summed E-state index contributed by atoms with van der Waals surface area (Å²) in [6.07, 6.45) is -0.652. The summed E-state index contributed by atoms with van der Waals surface area (Å²) in [6.45, 7) is 11.1. The van der Waals surface area contributed by atoms with Gasteiger partial charge in [-0.3, -0.25) is 0 Å². The Morgan fingerprint density at radius 2 is 1.29 bits per heavy atom. The maximum absolute atomic E-state index is 7.09. The predicted molar refractivity (Wildman–Crippen MR) is 141 cm³/mol. The highest BCUT2D eigenvalue weighted by Crippen LogP contribution is 2.38. The minimum absolute atomic E-state index is 0.101. The van der Waals surface area contributed by atoms with E-state index in [9.17, 15) is 0 Å². The van der Waals surface area contributed by atoms with Gasteiger partial charge in [-0.25, -0.2) is 0 Å². The molecule has 1 heterocycles. The highest BCUT2D eigenvalue weighted by molar-refractivity contribution is 6.99. The van der Waals surface area contributed by atoms with Crippen molar-refractivity contribution >= 4 is 18.7 Å². The summed E-state index contributed by atoms with van der Waals surface area (Å²) in [7, 11) is -2.66. The Labute approximate surface area is 205 Å². The second kappa shape index (κ2) is 9.89. The van der Waals surface area contributed by atoms with Crippen molar-refractivity contribution in [3.63, 3.8) is 0 Å². The molecular formula is C30H34O3Si. The first-order valence-corrected chi connectivity index (χ1v) is 13.8. The second-order valence-corrected chi connectivity index (χ2v) is 14.5. The fraction of sp³-hybridized carbons (Fsp3) is 0.333. The molecule has 0 aliphatic carbocycles. The first-order valence-electron chi connectivity index (χ1n) is 11.9. The smallest absolute Gasteiger partial charge is 0.261 e. The number of hydrogen-bond donors (Lipinski definition) is 0. The van der Waals surface area contributed by atoms with E-state index in [0.29, 0.717) is 6.61 Å². The van der Waals surface area contributed by atoms with Crippen LogP contribution in [-0.2, 0) is 13.9 Å². The molecular weight excluding hydrogens is 436 g/mol. The fourth-order valence-electron chi connectivity index (χ4n) is 4.72. The third-order valence-corrected chi connectivity index (χ3v) is 11.2. The van der Waals surface area contributed by atoms with Crippen LogP contribution in [0.3, 0.4) is 0 Å². The largest absolute Gasteiger partial charge is 0.405 e. The van der Waals surface area contributed by atoms with Gasteiger partial charge >= 0.3 is 0 Å². The van der Waals surface area contributed by atoms with Gasteiger partial charge in [0.15, 0.2) is 5.79 Å². The fourth-order valence-corrected chi connectivity index (χ4v) is 9.29. The van der Waals surface area contributed by atoms with Gasteiger partial charge in [0.2, 0.25) is 0 Å². The van der Waals surface area contributed by atoms with Crippen LogP contribution >= 0.6 is 0 Å². The van der Waals surface area contributed by atoms with Gasteiger partial charge in [0.25, 0.3) is 8.32 Å². The van der Waals surface area contributed by atoms with Crippen LogP contribution in [0.25, 0.3) is 0 Å². The zero-order valence-corrected chi connectivity index (χ0v) is 21.7. The molecule has 0 amide bonds. The van der Waals surface area contributed by atoms with E-state index in [2.05, 4.69) is 93.3 Å². The van der Waals surface area contributed by atoms with E-state index in [4.69, 9.17) is 13.9 Å². The van der Waals surface area contributed by atoms with Gasteiger partial charge in [0, 0.05) is 5.56 Å². The molecule has 0 bridgehead atoms. The summed E-state index contributed by atoms with van der Waals surface area (Å²) in [5.74, 6) is 5.83. The van der Waals surface area contributed by atoms with Gasteiger partial charge < -0.3 is 13.9 Å². The molecule has 0 saturated carbocycles. The van der Waals surface area contributed by atoms with E-state index in [1.54, 1.807) is 0 Å². The molecule has 2 atom stereocenters. The first kappa shape index (κ1) is 24.4. The van der Waals surface area contributed by atoms with Crippen molar-refractivity contribution < 1.29 is 13.9 Å². The monoisotopic (exact) mass is 470 g/mol. The lowest BCUT2D eigenvalue weighted by Gasteiger charge is -2.43. The summed E-state index contributed by atoms with van der Waals surface area (Å²) < 4.78 is 19.6. The van der Waals surface area contributed by atoms with E-state index >= 15 is 0 Å². The van der Waals surface area contributed by atoms with Crippen LogP contribution in [0.1, 0.15) is 40.2 Å². The van der Waals surface area contributed by atoms with E-state index in [1.807, 2.05) is 44.2 Å². The summed E-state index contributed by atoms with van der Waals surface area (Å²) >= 11 is 0. The predicted octanol–water partition coefficient (Wildman–Crippen LogP) is 5.13. The van der Waals surface area contributed by atoms with E-state index < -0.39 is 14.1 Å². The summed E-state index contributed by atoms with van der Waals surface area (Å²) in [6, 6.07) is 31.3. The molecule has 4 heteroatoms. The second-order valence-electron chi connectivity index (χ2n) is 10.2. The Bertz CT molecular complexity index is 1090. The molecule has 3 nitrogen and oxygen atoms in total. The number of benzene rings is 3. The normalized spacial score (nSPS) is 19.9. The van der Waals surface area contributed by atoms with Crippen molar-refractivity contribution in [3.8, 4) is 11.8 Å². The molecule has 0 N–H and O–H groups in total. The number of rotatable bonds is 5. The van der Waals surface area contributed by atoms with Crippen molar-refractivity contribution in [1.29, 1.82) is 0 Å². The van der Waals surface area contributed by atoms with Gasteiger partial charge in [-0.15, -0.1) is 0 Å². The molecule has 4 rings (SSSR count). The average Bonchev–Trinajstić information content (AvgIpc) is 3.12. The van der Waals surface area contributed by atoms with Crippen LogP contribution < -0.4 is 10.4 Å². The molecule has 0 unspecified atom stereocenters.